The van der Waals surface area contributed by atoms with Crippen LogP contribution in [-0.2, 0) is 6.54 Å². The number of hydrogen-bond acceptors (Lipinski definition) is 2. The van der Waals surface area contributed by atoms with Gasteiger partial charge in [-0.05, 0) is 53.4 Å². The summed E-state index contributed by atoms with van der Waals surface area (Å²) in [4.78, 5) is 2.76. The first kappa shape index (κ1) is 14.8. The Labute approximate surface area is 128 Å². The molecule has 0 radical (unpaired) electrons. The Morgan fingerprint density at radius 2 is 2.00 bits per heavy atom. The number of aryl methyl sites for hydroxylation is 1. The van der Waals surface area contributed by atoms with Gasteiger partial charge >= 0.3 is 0 Å². The molecule has 1 N–H and O–H groups in total. The highest BCUT2D eigenvalue weighted by Gasteiger charge is 2.05. The predicted octanol–water partition coefficient (Wildman–Crippen LogP) is 5.10. The largest absolute Gasteiger partial charge is 0.312 e. The molecule has 1 unspecified atom stereocenters. The Morgan fingerprint density at radius 3 is 2.63 bits per heavy atom. The molecular formula is C16H20BrNS. The molecule has 2 rings (SSSR count). The van der Waals surface area contributed by atoms with E-state index in [1.807, 2.05) is 11.3 Å². The van der Waals surface area contributed by atoms with E-state index in [-0.39, 0.29) is 0 Å². The number of hydrogen-bond donors (Lipinski definition) is 1. The van der Waals surface area contributed by atoms with Crippen molar-refractivity contribution >= 4 is 27.3 Å². The van der Waals surface area contributed by atoms with Crippen LogP contribution in [0.4, 0.5) is 0 Å². The maximum atomic E-state index is 3.56. The molecule has 1 nitrogen and oxygen atoms in total. The molecule has 0 aliphatic rings. The van der Waals surface area contributed by atoms with Gasteiger partial charge in [0, 0.05) is 20.8 Å². The molecule has 0 fully saturated rings. The number of nitrogens with one attached hydrogen (secondary N) is 1. The normalized spacial score (nSPS) is 12.6. The Morgan fingerprint density at radius 1 is 1.26 bits per heavy atom. The maximum Gasteiger partial charge on any atom is 0.0314 e. The van der Waals surface area contributed by atoms with E-state index in [4.69, 9.17) is 0 Å². The molecule has 0 aliphatic heterocycles. The summed E-state index contributed by atoms with van der Waals surface area (Å²) in [6.07, 6.45) is 1.18. The summed E-state index contributed by atoms with van der Waals surface area (Å²) in [6, 6.07) is 12.9. The fraction of sp³-hybridized carbons (Fsp3) is 0.375. The third-order valence-corrected chi connectivity index (χ3v) is 5.47. The summed E-state index contributed by atoms with van der Waals surface area (Å²) in [6.45, 7) is 6.47. The Kier molecular flexibility index (Phi) is 5.61. The van der Waals surface area contributed by atoms with Gasteiger partial charge in [0.2, 0.25) is 0 Å². The van der Waals surface area contributed by atoms with E-state index in [9.17, 15) is 0 Å². The fourth-order valence-corrected chi connectivity index (χ4v) is 3.65. The fourth-order valence-electron chi connectivity index (χ4n) is 2.08. The van der Waals surface area contributed by atoms with Crippen LogP contribution in [0.15, 0.2) is 40.9 Å². The lowest BCUT2D eigenvalue weighted by atomic mass is 9.98. The molecular weight excluding hydrogens is 318 g/mol. The summed E-state index contributed by atoms with van der Waals surface area (Å²) in [5, 5.41) is 3.53. The minimum atomic E-state index is 0.616. The van der Waals surface area contributed by atoms with Gasteiger partial charge in [0.1, 0.15) is 0 Å². The van der Waals surface area contributed by atoms with E-state index >= 15 is 0 Å². The highest BCUT2D eigenvalue weighted by Crippen LogP contribution is 2.26. The molecule has 2 aromatic rings. The molecule has 1 heterocycles. The SMILES string of the molecule is Cc1sc(CNCCC(C)c2ccccc2)cc1Br. The number of thiophene rings is 1. The zero-order chi connectivity index (χ0) is 13.7. The topological polar surface area (TPSA) is 12.0 Å². The van der Waals surface area contributed by atoms with E-state index in [2.05, 4.69) is 71.5 Å². The van der Waals surface area contributed by atoms with Crippen molar-refractivity contribution in [3.63, 3.8) is 0 Å². The van der Waals surface area contributed by atoms with Crippen molar-refractivity contribution in [3.8, 4) is 0 Å². The van der Waals surface area contributed by atoms with Crippen LogP contribution in [0.2, 0.25) is 0 Å². The van der Waals surface area contributed by atoms with Gasteiger partial charge in [-0.2, -0.15) is 0 Å². The summed E-state index contributed by atoms with van der Waals surface area (Å²) in [5.41, 5.74) is 1.43. The molecule has 1 atom stereocenters. The van der Waals surface area contributed by atoms with Crippen molar-refractivity contribution < 1.29 is 0 Å². The van der Waals surface area contributed by atoms with Crippen molar-refractivity contribution in [2.24, 2.45) is 0 Å². The Hall–Kier alpha value is -0.640. The third kappa shape index (κ3) is 4.44. The van der Waals surface area contributed by atoms with Crippen LogP contribution in [0, 0.1) is 6.92 Å². The van der Waals surface area contributed by atoms with Crippen molar-refractivity contribution in [3.05, 3.63) is 56.2 Å². The van der Waals surface area contributed by atoms with Crippen molar-refractivity contribution in [2.75, 3.05) is 6.54 Å². The summed E-state index contributed by atoms with van der Waals surface area (Å²) in [5.74, 6) is 0.616. The van der Waals surface area contributed by atoms with Crippen LogP contribution < -0.4 is 5.32 Å². The Bertz CT molecular complexity index is 487. The van der Waals surface area contributed by atoms with E-state index in [1.165, 1.54) is 26.2 Å². The van der Waals surface area contributed by atoms with Crippen LogP contribution in [0.25, 0.3) is 0 Å². The first-order chi connectivity index (χ1) is 9.16. The minimum absolute atomic E-state index is 0.616. The lowest BCUT2D eigenvalue weighted by molar-refractivity contribution is 0.597. The quantitative estimate of drug-likeness (QED) is 0.723. The molecule has 19 heavy (non-hydrogen) atoms. The van der Waals surface area contributed by atoms with Gasteiger partial charge in [-0.25, -0.2) is 0 Å². The van der Waals surface area contributed by atoms with Gasteiger partial charge in [0.05, 0.1) is 0 Å². The second-order valence-electron chi connectivity index (χ2n) is 4.89. The molecule has 0 spiro atoms. The zero-order valence-corrected chi connectivity index (χ0v) is 13.9. The summed E-state index contributed by atoms with van der Waals surface area (Å²) >= 11 is 5.42. The highest BCUT2D eigenvalue weighted by molar-refractivity contribution is 9.10. The van der Waals surface area contributed by atoms with Crippen LogP contribution in [0.3, 0.4) is 0 Å². The van der Waals surface area contributed by atoms with Crippen LogP contribution in [-0.4, -0.2) is 6.54 Å². The van der Waals surface area contributed by atoms with Gasteiger partial charge < -0.3 is 5.32 Å². The van der Waals surface area contributed by atoms with Crippen LogP contribution >= 0.6 is 27.3 Å². The maximum absolute atomic E-state index is 3.56. The van der Waals surface area contributed by atoms with Crippen molar-refractivity contribution in [1.82, 2.24) is 5.32 Å². The molecule has 1 aromatic carbocycles. The van der Waals surface area contributed by atoms with Gasteiger partial charge in [0.15, 0.2) is 0 Å². The van der Waals surface area contributed by atoms with Gasteiger partial charge in [-0.15, -0.1) is 11.3 Å². The summed E-state index contributed by atoms with van der Waals surface area (Å²) in [7, 11) is 0. The first-order valence-electron chi connectivity index (χ1n) is 6.67. The number of benzene rings is 1. The predicted molar refractivity (Wildman–Crippen MR) is 87.9 cm³/mol. The smallest absolute Gasteiger partial charge is 0.0314 e. The van der Waals surface area contributed by atoms with E-state index in [0.717, 1.165) is 13.1 Å². The average molecular weight is 338 g/mol. The number of halogens is 1. The minimum Gasteiger partial charge on any atom is -0.312 e. The second kappa shape index (κ2) is 7.22. The van der Waals surface area contributed by atoms with E-state index in [0.29, 0.717) is 5.92 Å². The lowest BCUT2D eigenvalue weighted by Gasteiger charge is -2.12. The third-order valence-electron chi connectivity index (χ3n) is 3.33. The molecule has 0 aliphatic carbocycles. The van der Waals surface area contributed by atoms with Gasteiger partial charge in [-0.1, -0.05) is 37.3 Å². The highest BCUT2D eigenvalue weighted by atomic mass is 79.9. The number of rotatable bonds is 6. The van der Waals surface area contributed by atoms with E-state index < -0.39 is 0 Å². The molecule has 0 saturated carbocycles. The summed E-state index contributed by atoms with van der Waals surface area (Å²) < 4.78 is 1.23. The van der Waals surface area contributed by atoms with Gasteiger partial charge in [-0.3, -0.25) is 0 Å². The zero-order valence-electron chi connectivity index (χ0n) is 11.4. The molecule has 0 bridgehead atoms. The lowest BCUT2D eigenvalue weighted by Crippen LogP contribution is -2.15. The molecule has 102 valence electrons. The van der Waals surface area contributed by atoms with Crippen LogP contribution in [0.5, 0.6) is 0 Å². The first-order valence-corrected chi connectivity index (χ1v) is 8.28. The average Bonchev–Trinajstić information content (AvgIpc) is 2.74. The van der Waals surface area contributed by atoms with Crippen LogP contribution in [0.1, 0.15) is 34.6 Å². The molecule has 3 heteroatoms. The Balaban J connectivity index is 1.72. The molecule has 0 amide bonds. The van der Waals surface area contributed by atoms with Crippen molar-refractivity contribution in [1.29, 1.82) is 0 Å². The molecule has 0 saturated heterocycles. The van der Waals surface area contributed by atoms with Crippen molar-refractivity contribution in [2.45, 2.75) is 32.7 Å². The van der Waals surface area contributed by atoms with Gasteiger partial charge in [0.25, 0.3) is 0 Å². The monoisotopic (exact) mass is 337 g/mol. The second-order valence-corrected chi connectivity index (χ2v) is 7.09. The standard InChI is InChI=1S/C16H20BrNS/c1-12(14-6-4-3-5-7-14)8-9-18-11-15-10-16(17)13(2)19-15/h3-7,10,12,18H,8-9,11H2,1-2H3. The van der Waals surface area contributed by atoms with E-state index in [1.54, 1.807) is 0 Å². The molecule has 1 aromatic heterocycles.